The molecule has 1 N–H and O–H groups in total. The van der Waals surface area contributed by atoms with Crippen molar-refractivity contribution in [3.05, 3.63) is 53.9 Å². The highest BCUT2D eigenvalue weighted by Gasteiger charge is 2.48. The lowest BCUT2D eigenvalue weighted by atomic mass is 9.98. The quantitative estimate of drug-likeness (QED) is 0.845. The number of nitrogens with one attached hydrogen (secondary N) is 1. The van der Waals surface area contributed by atoms with Gasteiger partial charge in [0.05, 0.1) is 5.69 Å². The molecular formula is C20H22N4O3. The van der Waals surface area contributed by atoms with Gasteiger partial charge in [-0.15, -0.1) is 0 Å². The van der Waals surface area contributed by atoms with Crippen LogP contribution in [-0.4, -0.2) is 45.9 Å². The highest BCUT2D eigenvalue weighted by atomic mass is 16.2. The SMILES string of the molecule is Cc1ccc(N2C(=O)[C@@H]3C[C@@H](NC(=O)c4cccn4C)CCN3C2=O)cc1. The lowest BCUT2D eigenvalue weighted by molar-refractivity contribution is -0.120. The van der Waals surface area contributed by atoms with Crippen LogP contribution >= 0.6 is 0 Å². The molecule has 1 aromatic heterocycles. The largest absolute Gasteiger partial charge is 0.348 e. The highest BCUT2D eigenvalue weighted by molar-refractivity contribution is 6.21. The van der Waals surface area contributed by atoms with Crippen LogP contribution in [0.15, 0.2) is 42.6 Å². The molecule has 7 heteroatoms. The van der Waals surface area contributed by atoms with Gasteiger partial charge in [0.15, 0.2) is 0 Å². The van der Waals surface area contributed by atoms with E-state index >= 15 is 0 Å². The third-order valence-electron chi connectivity index (χ3n) is 5.35. The van der Waals surface area contributed by atoms with Crippen LogP contribution in [0.3, 0.4) is 0 Å². The standard InChI is InChI=1S/C20H22N4O3/c1-13-5-7-15(8-6-13)24-19(26)17-12-14(9-11-23(17)20(24)27)21-18(25)16-4-3-10-22(16)2/h3-8,10,14,17H,9,11-12H2,1-2H3,(H,21,25)/t14-,17-/m0/s1. The number of aryl methyl sites for hydroxylation is 2. The molecule has 2 atom stereocenters. The topological polar surface area (TPSA) is 74.7 Å². The first-order valence-corrected chi connectivity index (χ1v) is 9.09. The fourth-order valence-corrected chi connectivity index (χ4v) is 3.82. The van der Waals surface area contributed by atoms with E-state index in [1.54, 1.807) is 27.7 Å². The maximum Gasteiger partial charge on any atom is 0.332 e. The predicted molar refractivity (Wildman–Crippen MR) is 100 cm³/mol. The number of rotatable bonds is 3. The lowest BCUT2D eigenvalue weighted by Crippen LogP contribution is -2.50. The van der Waals surface area contributed by atoms with Crippen molar-refractivity contribution in [1.29, 1.82) is 0 Å². The number of anilines is 1. The maximum absolute atomic E-state index is 12.9. The Hall–Kier alpha value is -3.09. The van der Waals surface area contributed by atoms with E-state index in [4.69, 9.17) is 0 Å². The maximum atomic E-state index is 12.9. The van der Waals surface area contributed by atoms with Crippen LogP contribution in [-0.2, 0) is 11.8 Å². The lowest BCUT2D eigenvalue weighted by Gasteiger charge is -2.32. The minimum atomic E-state index is -0.522. The number of aromatic nitrogens is 1. The smallest absolute Gasteiger partial charge is 0.332 e. The molecule has 0 bridgehead atoms. The summed E-state index contributed by atoms with van der Waals surface area (Å²) in [6.07, 6.45) is 2.88. The fourth-order valence-electron chi connectivity index (χ4n) is 3.82. The van der Waals surface area contributed by atoms with Crippen LogP contribution in [0.1, 0.15) is 28.9 Å². The Kier molecular flexibility index (Phi) is 4.22. The fraction of sp³-hybridized carbons (Fsp3) is 0.350. The zero-order chi connectivity index (χ0) is 19.1. The van der Waals surface area contributed by atoms with Crippen molar-refractivity contribution in [2.75, 3.05) is 11.4 Å². The molecule has 27 heavy (non-hydrogen) atoms. The molecule has 0 aliphatic carbocycles. The number of carbonyl (C=O) groups is 3. The Bertz CT molecular complexity index is 902. The number of imide groups is 1. The molecular weight excluding hydrogens is 344 g/mol. The molecule has 4 rings (SSSR count). The molecule has 2 aliphatic heterocycles. The van der Waals surface area contributed by atoms with Crippen LogP contribution in [0, 0.1) is 6.92 Å². The Balaban J connectivity index is 1.49. The Morgan fingerprint density at radius 2 is 1.89 bits per heavy atom. The molecule has 0 unspecified atom stereocenters. The van der Waals surface area contributed by atoms with Gasteiger partial charge in [0.1, 0.15) is 11.7 Å². The summed E-state index contributed by atoms with van der Waals surface area (Å²) in [7, 11) is 1.82. The summed E-state index contributed by atoms with van der Waals surface area (Å²) in [6, 6.07) is 9.99. The van der Waals surface area contributed by atoms with Gasteiger partial charge in [-0.25, -0.2) is 9.69 Å². The summed E-state index contributed by atoms with van der Waals surface area (Å²) in [4.78, 5) is 40.9. The minimum absolute atomic E-state index is 0.136. The van der Waals surface area contributed by atoms with E-state index in [-0.39, 0.29) is 23.9 Å². The van der Waals surface area contributed by atoms with Gasteiger partial charge in [-0.1, -0.05) is 17.7 Å². The number of benzene rings is 1. The average molecular weight is 366 g/mol. The van der Waals surface area contributed by atoms with E-state index in [1.165, 1.54) is 4.90 Å². The molecule has 0 spiro atoms. The van der Waals surface area contributed by atoms with Crippen LogP contribution in [0.4, 0.5) is 10.5 Å². The van der Waals surface area contributed by atoms with E-state index in [2.05, 4.69) is 5.32 Å². The first-order valence-electron chi connectivity index (χ1n) is 9.09. The molecule has 7 nitrogen and oxygen atoms in total. The first-order chi connectivity index (χ1) is 13.0. The van der Waals surface area contributed by atoms with E-state index < -0.39 is 6.04 Å². The summed E-state index contributed by atoms with van der Waals surface area (Å²) in [6.45, 7) is 2.41. The van der Waals surface area contributed by atoms with Crippen LogP contribution in [0.25, 0.3) is 0 Å². The normalized spacial score (nSPS) is 22.1. The number of carbonyl (C=O) groups excluding carboxylic acids is 3. The Morgan fingerprint density at radius 3 is 2.56 bits per heavy atom. The van der Waals surface area contributed by atoms with Crippen molar-refractivity contribution in [2.24, 2.45) is 7.05 Å². The van der Waals surface area contributed by atoms with Gasteiger partial charge in [-0.05, 0) is 44.0 Å². The van der Waals surface area contributed by atoms with Crippen molar-refractivity contribution >= 4 is 23.5 Å². The molecule has 2 fully saturated rings. The van der Waals surface area contributed by atoms with Gasteiger partial charge in [0, 0.05) is 25.8 Å². The molecule has 0 saturated carbocycles. The Morgan fingerprint density at radius 1 is 1.15 bits per heavy atom. The third kappa shape index (κ3) is 2.99. The van der Waals surface area contributed by atoms with Crippen LogP contribution in [0.2, 0.25) is 0 Å². The molecule has 2 saturated heterocycles. The molecule has 2 aromatic rings. The molecule has 2 aliphatic rings. The number of nitrogens with zero attached hydrogens (tertiary/aromatic N) is 3. The summed E-state index contributed by atoms with van der Waals surface area (Å²) in [5.41, 5.74) is 2.24. The van der Waals surface area contributed by atoms with E-state index in [9.17, 15) is 14.4 Å². The van der Waals surface area contributed by atoms with Gasteiger partial charge in [-0.3, -0.25) is 9.59 Å². The predicted octanol–water partition coefficient (Wildman–Crippen LogP) is 2.06. The molecule has 3 heterocycles. The van der Waals surface area contributed by atoms with Crippen molar-refractivity contribution in [3.8, 4) is 0 Å². The highest BCUT2D eigenvalue weighted by Crippen LogP contribution is 2.31. The van der Waals surface area contributed by atoms with Gasteiger partial charge in [0.25, 0.3) is 11.8 Å². The van der Waals surface area contributed by atoms with Gasteiger partial charge < -0.3 is 14.8 Å². The van der Waals surface area contributed by atoms with Gasteiger partial charge in [0.2, 0.25) is 0 Å². The average Bonchev–Trinajstić information content (AvgIpc) is 3.18. The van der Waals surface area contributed by atoms with E-state index in [0.717, 1.165) is 5.56 Å². The summed E-state index contributed by atoms with van der Waals surface area (Å²) >= 11 is 0. The van der Waals surface area contributed by atoms with E-state index in [0.29, 0.717) is 30.8 Å². The summed E-state index contributed by atoms with van der Waals surface area (Å²) in [5, 5.41) is 3.00. The Labute approximate surface area is 157 Å². The van der Waals surface area contributed by atoms with Crippen LogP contribution < -0.4 is 10.2 Å². The van der Waals surface area contributed by atoms with Crippen molar-refractivity contribution < 1.29 is 14.4 Å². The molecule has 140 valence electrons. The number of amides is 4. The number of urea groups is 1. The number of piperidine rings is 1. The second-order valence-corrected chi connectivity index (χ2v) is 7.20. The second-order valence-electron chi connectivity index (χ2n) is 7.20. The zero-order valence-corrected chi connectivity index (χ0v) is 15.4. The van der Waals surface area contributed by atoms with Crippen molar-refractivity contribution in [1.82, 2.24) is 14.8 Å². The van der Waals surface area contributed by atoms with Crippen molar-refractivity contribution in [2.45, 2.75) is 31.8 Å². The molecule has 4 amide bonds. The first kappa shape index (κ1) is 17.3. The summed E-state index contributed by atoms with van der Waals surface area (Å²) in [5.74, 6) is -0.380. The molecule has 1 aromatic carbocycles. The second kappa shape index (κ2) is 6.57. The monoisotopic (exact) mass is 366 g/mol. The number of fused-ring (bicyclic) bond motifs is 1. The third-order valence-corrected chi connectivity index (χ3v) is 5.35. The van der Waals surface area contributed by atoms with Crippen molar-refractivity contribution in [3.63, 3.8) is 0 Å². The van der Waals surface area contributed by atoms with E-state index in [1.807, 2.05) is 38.4 Å². The van der Waals surface area contributed by atoms with Gasteiger partial charge in [-0.2, -0.15) is 0 Å². The number of hydrogen-bond acceptors (Lipinski definition) is 3. The van der Waals surface area contributed by atoms with Crippen LogP contribution in [0.5, 0.6) is 0 Å². The zero-order valence-electron chi connectivity index (χ0n) is 15.4. The number of hydrogen-bond donors (Lipinski definition) is 1. The molecule has 0 radical (unpaired) electrons. The van der Waals surface area contributed by atoms with Gasteiger partial charge >= 0.3 is 6.03 Å². The minimum Gasteiger partial charge on any atom is -0.348 e. The summed E-state index contributed by atoms with van der Waals surface area (Å²) < 4.78 is 1.76.